The van der Waals surface area contributed by atoms with Gasteiger partial charge in [-0.25, -0.2) is 0 Å². The van der Waals surface area contributed by atoms with Gasteiger partial charge in [0.05, 0.1) is 6.61 Å². The molecule has 18 heavy (non-hydrogen) atoms. The van der Waals surface area contributed by atoms with Gasteiger partial charge >= 0.3 is 0 Å². The summed E-state index contributed by atoms with van der Waals surface area (Å²) in [6, 6.07) is 10.7. The molecule has 0 radical (unpaired) electrons. The fourth-order valence-corrected chi connectivity index (χ4v) is 1.85. The van der Waals surface area contributed by atoms with E-state index in [4.69, 9.17) is 4.74 Å². The molecule has 0 aliphatic heterocycles. The molecule has 0 spiro atoms. The number of nitrogens with one attached hydrogen (secondary N) is 1. The highest BCUT2D eigenvalue weighted by atomic mass is 16.5. The summed E-state index contributed by atoms with van der Waals surface area (Å²) in [7, 11) is 3.93. The number of nitrogens with zero attached hydrogens (tertiary/aromatic N) is 1. The summed E-state index contributed by atoms with van der Waals surface area (Å²) in [6.45, 7) is 5.09. The first-order chi connectivity index (χ1) is 8.83. The van der Waals surface area contributed by atoms with Gasteiger partial charge in [-0.2, -0.15) is 0 Å². The van der Waals surface area contributed by atoms with Gasteiger partial charge in [-0.15, -0.1) is 0 Å². The van der Waals surface area contributed by atoms with E-state index in [2.05, 4.69) is 47.6 Å². The van der Waals surface area contributed by atoms with Crippen molar-refractivity contribution in [1.29, 1.82) is 0 Å². The fraction of sp³-hybridized carbons (Fsp3) is 0.600. The van der Waals surface area contributed by atoms with E-state index in [1.54, 1.807) is 7.11 Å². The SMILES string of the molecule is COCCNCCCN(C)CCc1ccccc1. The quantitative estimate of drug-likeness (QED) is 0.641. The van der Waals surface area contributed by atoms with Crippen LogP contribution in [0, 0.1) is 0 Å². The molecular formula is C15H26N2O. The van der Waals surface area contributed by atoms with Crippen molar-refractivity contribution in [2.75, 3.05) is 46.9 Å². The lowest BCUT2D eigenvalue weighted by atomic mass is 10.1. The normalized spacial score (nSPS) is 11.1. The summed E-state index contributed by atoms with van der Waals surface area (Å²) in [5.74, 6) is 0. The maximum absolute atomic E-state index is 4.98. The third-order valence-corrected chi connectivity index (χ3v) is 3.00. The maximum atomic E-state index is 4.98. The summed E-state index contributed by atoms with van der Waals surface area (Å²) in [4.78, 5) is 2.39. The average molecular weight is 250 g/mol. The Kier molecular flexibility index (Phi) is 8.47. The highest BCUT2D eigenvalue weighted by Gasteiger charge is 1.98. The van der Waals surface area contributed by atoms with Crippen molar-refractivity contribution in [2.24, 2.45) is 0 Å². The molecule has 0 heterocycles. The molecule has 1 rings (SSSR count). The average Bonchev–Trinajstić information content (AvgIpc) is 2.41. The Hall–Kier alpha value is -0.900. The molecule has 1 aromatic rings. The molecule has 102 valence electrons. The van der Waals surface area contributed by atoms with Crippen LogP contribution in [0.25, 0.3) is 0 Å². The number of hydrogen-bond donors (Lipinski definition) is 1. The maximum Gasteiger partial charge on any atom is 0.0587 e. The molecule has 0 saturated heterocycles. The number of benzene rings is 1. The van der Waals surface area contributed by atoms with E-state index in [-0.39, 0.29) is 0 Å². The summed E-state index contributed by atoms with van der Waals surface area (Å²) in [5, 5.41) is 3.36. The molecule has 3 heteroatoms. The number of likely N-dealkylation sites (N-methyl/N-ethyl adjacent to an activating group) is 1. The standard InChI is InChI=1S/C15H26N2O/c1-17(12-6-10-16-11-14-18-2)13-9-15-7-4-3-5-8-15/h3-5,7-8,16H,6,9-14H2,1-2H3. The molecule has 0 aliphatic rings. The summed E-state index contributed by atoms with van der Waals surface area (Å²) in [5.41, 5.74) is 1.42. The lowest BCUT2D eigenvalue weighted by Gasteiger charge is -2.16. The second-order valence-electron chi connectivity index (χ2n) is 4.64. The molecule has 1 N–H and O–H groups in total. The van der Waals surface area contributed by atoms with E-state index in [0.717, 1.165) is 39.2 Å². The third-order valence-electron chi connectivity index (χ3n) is 3.00. The Bertz CT molecular complexity index is 290. The molecule has 0 aromatic heterocycles. The van der Waals surface area contributed by atoms with Crippen LogP contribution in [0.3, 0.4) is 0 Å². The van der Waals surface area contributed by atoms with Gasteiger partial charge in [0.15, 0.2) is 0 Å². The van der Waals surface area contributed by atoms with Gasteiger partial charge in [-0.05, 0) is 38.5 Å². The Balaban J connectivity index is 1.99. The van der Waals surface area contributed by atoms with Gasteiger partial charge in [0.1, 0.15) is 0 Å². The lowest BCUT2D eigenvalue weighted by Crippen LogP contribution is -2.27. The molecule has 0 unspecified atom stereocenters. The van der Waals surface area contributed by atoms with Crippen molar-refractivity contribution in [2.45, 2.75) is 12.8 Å². The van der Waals surface area contributed by atoms with Crippen LogP contribution in [0.1, 0.15) is 12.0 Å². The van der Waals surface area contributed by atoms with Crippen LogP contribution in [0.15, 0.2) is 30.3 Å². The predicted octanol–water partition coefficient (Wildman–Crippen LogP) is 1.79. The van der Waals surface area contributed by atoms with Crippen LogP contribution in [-0.2, 0) is 11.2 Å². The van der Waals surface area contributed by atoms with Gasteiger partial charge < -0.3 is 15.0 Å². The zero-order valence-electron chi connectivity index (χ0n) is 11.7. The van der Waals surface area contributed by atoms with Gasteiger partial charge in [-0.3, -0.25) is 0 Å². The summed E-state index contributed by atoms with van der Waals surface area (Å²) >= 11 is 0. The second-order valence-corrected chi connectivity index (χ2v) is 4.64. The van der Waals surface area contributed by atoms with Crippen LogP contribution in [0.2, 0.25) is 0 Å². The molecule has 0 aliphatic carbocycles. The Morgan fingerprint density at radius 2 is 1.89 bits per heavy atom. The summed E-state index contributed by atoms with van der Waals surface area (Å²) in [6.07, 6.45) is 2.32. The largest absolute Gasteiger partial charge is 0.383 e. The molecule has 0 amide bonds. The van der Waals surface area contributed by atoms with Crippen LogP contribution in [0.5, 0.6) is 0 Å². The topological polar surface area (TPSA) is 24.5 Å². The minimum Gasteiger partial charge on any atom is -0.383 e. The van der Waals surface area contributed by atoms with E-state index in [9.17, 15) is 0 Å². The van der Waals surface area contributed by atoms with Crippen LogP contribution >= 0.6 is 0 Å². The molecule has 0 saturated carbocycles. The van der Waals surface area contributed by atoms with Gasteiger partial charge in [0, 0.05) is 20.2 Å². The van der Waals surface area contributed by atoms with Gasteiger partial charge in [-0.1, -0.05) is 30.3 Å². The predicted molar refractivity (Wildman–Crippen MR) is 77.0 cm³/mol. The Labute approximate surface area is 111 Å². The van der Waals surface area contributed by atoms with E-state index in [0.29, 0.717) is 0 Å². The first-order valence-corrected chi connectivity index (χ1v) is 6.75. The molecule has 0 fully saturated rings. The Morgan fingerprint density at radius 1 is 1.11 bits per heavy atom. The van der Waals surface area contributed by atoms with E-state index >= 15 is 0 Å². The van der Waals surface area contributed by atoms with Gasteiger partial charge in [0.2, 0.25) is 0 Å². The van der Waals surface area contributed by atoms with Crippen LogP contribution in [-0.4, -0.2) is 51.8 Å². The van der Waals surface area contributed by atoms with E-state index < -0.39 is 0 Å². The highest BCUT2D eigenvalue weighted by Crippen LogP contribution is 2.00. The molecule has 1 aromatic carbocycles. The van der Waals surface area contributed by atoms with Crippen molar-refractivity contribution in [3.63, 3.8) is 0 Å². The minimum atomic E-state index is 0.795. The second kappa shape index (κ2) is 10.1. The zero-order chi connectivity index (χ0) is 13.1. The first kappa shape index (κ1) is 15.2. The van der Waals surface area contributed by atoms with Crippen LogP contribution in [0.4, 0.5) is 0 Å². The van der Waals surface area contributed by atoms with Crippen molar-refractivity contribution in [3.8, 4) is 0 Å². The van der Waals surface area contributed by atoms with Crippen molar-refractivity contribution in [3.05, 3.63) is 35.9 Å². The monoisotopic (exact) mass is 250 g/mol. The smallest absolute Gasteiger partial charge is 0.0587 e. The van der Waals surface area contributed by atoms with Gasteiger partial charge in [0.25, 0.3) is 0 Å². The summed E-state index contributed by atoms with van der Waals surface area (Å²) < 4.78 is 4.98. The number of hydrogen-bond acceptors (Lipinski definition) is 3. The first-order valence-electron chi connectivity index (χ1n) is 6.75. The number of rotatable bonds is 10. The Morgan fingerprint density at radius 3 is 2.61 bits per heavy atom. The van der Waals surface area contributed by atoms with Crippen molar-refractivity contribution < 1.29 is 4.74 Å². The van der Waals surface area contributed by atoms with E-state index in [1.807, 2.05) is 0 Å². The fourth-order valence-electron chi connectivity index (χ4n) is 1.85. The molecule has 3 nitrogen and oxygen atoms in total. The van der Waals surface area contributed by atoms with Crippen molar-refractivity contribution in [1.82, 2.24) is 10.2 Å². The zero-order valence-corrected chi connectivity index (χ0v) is 11.7. The third kappa shape index (κ3) is 7.43. The number of ether oxygens (including phenoxy) is 1. The lowest BCUT2D eigenvalue weighted by molar-refractivity contribution is 0.199. The minimum absolute atomic E-state index is 0.795. The van der Waals surface area contributed by atoms with E-state index in [1.165, 1.54) is 12.0 Å². The van der Waals surface area contributed by atoms with Crippen LogP contribution < -0.4 is 5.32 Å². The molecule has 0 atom stereocenters. The molecular weight excluding hydrogens is 224 g/mol. The molecule has 0 bridgehead atoms. The highest BCUT2D eigenvalue weighted by molar-refractivity contribution is 5.14. The number of methoxy groups -OCH3 is 1. The van der Waals surface area contributed by atoms with Crippen molar-refractivity contribution >= 4 is 0 Å².